The lowest BCUT2D eigenvalue weighted by atomic mass is 10.1. The van der Waals surface area contributed by atoms with Crippen LogP contribution in [0.5, 0.6) is 0 Å². The van der Waals surface area contributed by atoms with Crippen LogP contribution >= 0.6 is 0 Å². The molecule has 0 saturated carbocycles. The second-order valence-corrected chi connectivity index (χ2v) is 4.23. The Kier molecular flexibility index (Phi) is 3.96. The highest BCUT2D eigenvalue weighted by Crippen LogP contribution is 2.21. The molecule has 18 heavy (non-hydrogen) atoms. The van der Waals surface area contributed by atoms with E-state index < -0.39 is 6.09 Å². The third kappa shape index (κ3) is 2.69. The van der Waals surface area contributed by atoms with E-state index >= 15 is 0 Å². The molecule has 5 heteroatoms. The van der Waals surface area contributed by atoms with Crippen molar-refractivity contribution in [2.75, 3.05) is 0 Å². The van der Waals surface area contributed by atoms with E-state index in [1.165, 1.54) is 4.90 Å². The van der Waals surface area contributed by atoms with Gasteiger partial charge < -0.3 is 5.11 Å². The summed E-state index contributed by atoms with van der Waals surface area (Å²) in [4.78, 5) is 17.5. The molecule has 0 fully saturated rings. The van der Waals surface area contributed by atoms with Crippen LogP contribution in [-0.2, 0) is 11.4 Å². The summed E-state index contributed by atoms with van der Waals surface area (Å²) in [6.45, 7) is 0.324. The van der Waals surface area contributed by atoms with Gasteiger partial charge in [-0.25, -0.2) is 10.7 Å². The molecule has 0 aliphatic heterocycles. The van der Waals surface area contributed by atoms with Crippen LogP contribution in [0.2, 0.25) is 0 Å². The Hall–Kier alpha value is -1.85. The lowest BCUT2D eigenvalue weighted by molar-refractivity contribution is 0.00962. The van der Waals surface area contributed by atoms with Gasteiger partial charge in [-0.2, -0.15) is 0 Å². The van der Waals surface area contributed by atoms with E-state index in [9.17, 15) is 9.90 Å². The number of nitrogens with zero attached hydrogens (tertiary/aromatic N) is 1. The van der Waals surface area contributed by atoms with E-state index in [0.29, 0.717) is 13.0 Å². The van der Waals surface area contributed by atoms with Gasteiger partial charge in [0.2, 0.25) is 0 Å². The summed E-state index contributed by atoms with van der Waals surface area (Å²) in [5, 5.41) is 9.30. The van der Waals surface area contributed by atoms with Crippen LogP contribution in [0.15, 0.2) is 42.5 Å². The van der Waals surface area contributed by atoms with Gasteiger partial charge in [-0.1, -0.05) is 42.5 Å². The van der Waals surface area contributed by atoms with Crippen molar-refractivity contribution >= 4 is 6.09 Å². The predicted molar refractivity (Wildman–Crippen MR) is 66.6 cm³/mol. The van der Waals surface area contributed by atoms with Gasteiger partial charge in [0.05, 0.1) is 6.04 Å². The van der Waals surface area contributed by atoms with Crippen LogP contribution in [0.4, 0.5) is 4.79 Å². The number of amides is 1. The largest absolute Gasteiger partial charge is 0.465 e. The molecular weight excluding hydrogens is 232 g/mol. The summed E-state index contributed by atoms with van der Waals surface area (Å²) in [7, 11) is 0. The summed E-state index contributed by atoms with van der Waals surface area (Å²) in [6.07, 6.45) is 3.08. The fraction of sp³-hybridized carbons (Fsp3) is 0.308. The average molecular weight is 248 g/mol. The number of rotatable bonds is 4. The standard InChI is InChI=1S/C13H16N2O3/c14-18-12-8-4-7-11(12)15(13(16)17)9-10-5-2-1-3-6-10/h1-7,11-12H,8-9,14H2,(H,16,17)/t11-,12+/m1/s1. The zero-order valence-corrected chi connectivity index (χ0v) is 9.90. The van der Waals surface area contributed by atoms with Crippen LogP contribution in [-0.4, -0.2) is 28.2 Å². The van der Waals surface area contributed by atoms with Crippen molar-refractivity contribution in [3.63, 3.8) is 0 Å². The van der Waals surface area contributed by atoms with Crippen LogP contribution < -0.4 is 5.90 Å². The molecule has 5 nitrogen and oxygen atoms in total. The Morgan fingerprint density at radius 1 is 1.44 bits per heavy atom. The summed E-state index contributed by atoms with van der Waals surface area (Å²) >= 11 is 0. The fourth-order valence-corrected chi connectivity index (χ4v) is 2.14. The van der Waals surface area contributed by atoms with Gasteiger partial charge in [-0.15, -0.1) is 0 Å². The highest BCUT2D eigenvalue weighted by Gasteiger charge is 2.32. The first-order valence-corrected chi connectivity index (χ1v) is 5.78. The number of hydrogen-bond acceptors (Lipinski definition) is 3. The minimum absolute atomic E-state index is 0.301. The van der Waals surface area contributed by atoms with Crippen LogP contribution in [0.1, 0.15) is 12.0 Å². The molecule has 2 atom stereocenters. The molecule has 0 saturated heterocycles. The molecule has 1 aliphatic rings. The maximum Gasteiger partial charge on any atom is 0.408 e. The summed E-state index contributed by atoms with van der Waals surface area (Å²) in [5.74, 6) is 5.20. The molecule has 1 aromatic carbocycles. The minimum Gasteiger partial charge on any atom is -0.465 e. The molecule has 96 valence electrons. The average Bonchev–Trinajstić information content (AvgIpc) is 2.84. The molecule has 2 rings (SSSR count). The van der Waals surface area contributed by atoms with E-state index in [1.807, 2.05) is 42.5 Å². The Morgan fingerprint density at radius 2 is 2.17 bits per heavy atom. The molecular formula is C13H16N2O3. The molecule has 0 aromatic heterocycles. The Labute approximate surface area is 105 Å². The summed E-state index contributed by atoms with van der Waals surface area (Å²) in [5.41, 5.74) is 0.941. The van der Waals surface area contributed by atoms with Crippen molar-refractivity contribution in [1.82, 2.24) is 4.90 Å². The van der Waals surface area contributed by atoms with E-state index in [-0.39, 0.29) is 12.1 Å². The van der Waals surface area contributed by atoms with Gasteiger partial charge >= 0.3 is 6.09 Å². The van der Waals surface area contributed by atoms with Crippen molar-refractivity contribution in [1.29, 1.82) is 0 Å². The van der Waals surface area contributed by atoms with Crippen LogP contribution in [0, 0.1) is 0 Å². The smallest absolute Gasteiger partial charge is 0.408 e. The van der Waals surface area contributed by atoms with E-state index in [2.05, 4.69) is 0 Å². The molecule has 1 aromatic rings. The first-order valence-electron chi connectivity index (χ1n) is 5.78. The lowest BCUT2D eigenvalue weighted by Gasteiger charge is -2.29. The Balaban J connectivity index is 2.14. The highest BCUT2D eigenvalue weighted by molar-refractivity contribution is 5.66. The molecule has 0 bridgehead atoms. The summed E-state index contributed by atoms with van der Waals surface area (Å²) in [6, 6.07) is 9.14. The molecule has 0 unspecified atom stereocenters. The first-order chi connectivity index (χ1) is 8.72. The zero-order valence-electron chi connectivity index (χ0n) is 9.90. The Bertz CT molecular complexity index is 433. The van der Waals surface area contributed by atoms with E-state index in [4.69, 9.17) is 10.7 Å². The van der Waals surface area contributed by atoms with Crippen molar-refractivity contribution < 1.29 is 14.7 Å². The number of carboxylic acid groups (broad SMARTS) is 1. The molecule has 3 N–H and O–H groups in total. The molecule has 1 aliphatic carbocycles. The van der Waals surface area contributed by atoms with E-state index in [1.54, 1.807) is 0 Å². The van der Waals surface area contributed by atoms with Crippen LogP contribution in [0.3, 0.4) is 0 Å². The minimum atomic E-state index is -0.975. The lowest BCUT2D eigenvalue weighted by Crippen LogP contribution is -2.44. The van der Waals surface area contributed by atoms with E-state index in [0.717, 1.165) is 5.56 Å². The third-order valence-corrected chi connectivity index (χ3v) is 3.06. The molecule has 0 spiro atoms. The molecule has 1 amide bonds. The number of benzene rings is 1. The predicted octanol–water partition coefficient (Wildman–Crippen LogP) is 1.75. The highest BCUT2D eigenvalue weighted by atomic mass is 16.6. The van der Waals surface area contributed by atoms with Crippen LogP contribution in [0.25, 0.3) is 0 Å². The SMILES string of the molecule is NO[C@H]1CC=C[C@H]1N(Cc1ccccc1)C(=O)O. The van der Waals surface area contributed by atoms with Gasteiger partial charge in [0.25, 0.3) is 0 Å². The fourth-order valence-electron chi connectivity index (χ4n) is 2.14. The topological polar surface area (TPSA) is 75.8 Å². The van der Waals surface area contributed by atoms with Gasteiger partial charge in [-0.3, -0.25) is 9.74 Å². The number of carbonyl (C=O) groups is 1. The quantitative estimate of drug-likeness (QED) is 0.628. The van der Waals surface area contributed by atoms with Gasteiger partial charge in [0, 0.05) is 6.54 Å². The summed E-state index contributed by atoms with van der Waals surface area (Å²) < 4.78 is 0. The maximum atomic E-state index is 11.3. The zero-order chi connectivity index (χ0) is 13.0. The first kappa shape index (κ1) is 12.6. The van der Waals surface area contributed by atoms with Gasteiger partial charge in [0.1, 0.15) is 6.10 Å². The second-order valence-electron chi connectivity index (χ2n) is 4.23. The molecule has 0 radical (unpaired) electrons. The van der Waals surface area contributed by atoms with Crippen molar-refractivity contribution in [2.24, 2.45) is 5.90 Å². The van der Waals surface area contributed by atoms with Crippen molar-refractivity contribution in [3.8, 4) is 0 Å². The normalized spacial score (nSPS) is 22.1. The monoisotopic (exact) mass is 248 g/mol. The van der Waals surface area contributed by atoms with Crippen molar-refractivity contribution in [3.05, 3.63) is 48.0 Å². The maximum absolute atomic E-state index is 11.3. The number of hydrogen-bond donors (Lipinski definition) is 2. The number of nitrogens with two attached hydrogens (primary N) is 1. The second kappa shape index (κ2) is 5.66. The Morgan fingerprint density at radius 3 is 2.78 bits per heavy atom. The third-order valence-electron chi connectivity index (χ3n) is 3.06. The van der Waals surface area contributed by atoms with Gasteiger partial charge in [0.15, 0.2) is 0 Å². The molecule has 0 heterocycles. The van der Waals surface area contributed by atoms with Gasteiger partial charge in [-0.05, 0) is 12.0 Å². The van der Waals surface area contributed by atoms with Crippen molar-refractivity contribution in [2.45, 2.75) is 25.1 Å².